The molecule has 0 radical (unpaired) electrons. The van der Waals surface area contributed by atoms with Gasteiger partial charge >= 0.3 is 0 Å². The van der Waals surface area contributed by atoms with Crippen LogP contribution in [0.25, 0.3) is 11.2 Å². The predicted octanol–water partition coefficient (Wildman–Crippen LogP) is -1.76. The maximum atomic E-state index is 9.97. The molecule has 1 aliphatic rings. The fourth-order valence-corrected chi connectivity index (χ4v) is 2.23. The third kappa shape index (κ3) is 1.82. The Morgan fingerprint density at radius 1 is 1.25 bits per heavy atom. The lowest BCUT2D eigenvalue weighted by Gasteiger charge is -2.16. The van der Waals surface area contributed by atoms with Crippen LogP contribution in [-0.2, 0) is 4.74 Å². The van der Waals surface area contributed by atoms with Crippen LogP contribution in [0.2, 0.25) is 0 Å². The zero-order valence-electron chi connectivity index (χ0n) is 10.2. The Morgan fingerprint density at radius 3 is 2.70 bits per heavy atom. The summed E-state index contributed by atoms with van der Waals surface area (Å²) < 4.78 is 6.79. The third-order valence-electron chi connectivity index (χ3n) is 3.26. The van der Waals surface area contributed by atoms with Crippen molar-refractivity contribution in [3.8, 4) is 0 Å². The Labute approximate surface area is 112 Å². The van der Waals surface area contributed by atoms with E-state index in [1.165, 1.54) is 17.2 Å². The van der Waals surface area contributed by atoms with E-state index in [0.29, 0.717) is 5.65 Å². The highest BCUT2D eigenvalue weighted by Crippen LogP contribution is 2.31. The SMILES string of the molecule is OC[C@H]1O[C@@H](n2cnc3c(NO)ncnc32)[C@@H](O)[C@@H]1O. The highest BCUT2D eigenvalue weighted by Gasteiger charge is 2.43. The van der Waals surface area contributed by atoms with Crippen molar-refractivity contribution in [2.75, 3.05) is 12.1 Å². The molecule has 20 heavy (non-hydrogen) atoms. The van der Waals surface area contributed by atoms with Crippen LogP contribution in [0.3, 0.4) is 0 Å². The number of imidazole rings is 1. The molecule has 3 heterocycles. The Bertz CT molecular complexity index is 619. The summed E-state index contributed by atoms with van der Waals surface area (Å²) in [5.41, 5.74) is 2.49. The van der Waals surface area contributed by atoms with Crippen molar-refractivity contribution in [1.82, 2.24) is 19.5 Å². The van der Waals surface area contributed by atoms with Crippen molar-refractivity contribution < 1.29 is 25.3 Å². The smallest absolute Gasteiger partial charge is 0.181 e. The average molecular weight is 283 g/mol. The van der Waals surface area contributed by atoms with E-state index < -0.39 is 31.1 Å². The van der Waals surface area contributed by atoms with Crippen molar-refractivity contribution in [1.29, 1.82) is 0 Å². The van der Waals surface area contributed by atoms with Crippen LogP contribution < -0.4 is 5.48 Å². The molecule has 1 fully saturated rings. The summed E-state index contributed by atoms with van der Waals surface area (Å²) in [5.74, 6) is 0.112. The standard InChI is InChI=1S/C10H13N5O5/c16-1-4-6(17)7(18)10(20-4)15-3-13-5-8(14-19)11-2-12-9(5)15/h2-4,6-7,10,16-19H,1H2,(H,11,12,14)/t4-,6-,7+,10-/m1/s1. The fraction of sp³-hybridized carbons (Fsp3) is 0.500. The number of aliphatic hydroxyl groups excluding tert-OH is 3. The Kier molecular flexibility index (Phi) is 3.23. The van der Waals surface area contributed by atoms with E-state index in [1.807, 2.05) is 5.48 Å². The number of nitrogens with one attached hydrogen (secondary N) is 1. The fourth-order valence-electron chi connectivity index (χ4n) is 2.23. The maximum absolute atomic E-state index is 9.97. The number of aliphatic hydroxyl groups is 3. The van der Waals surface area contributed by atoms with Gasteiger partial charge < -0.3 is 20.1 Å². The molecular weight excluding hydrogens is 270 g/mol. The van der Waals surface area contributed by atoms with Gasteiger partial charge in [0.1, 0.15) is 24.6 Å². The molecular formula is C10H13N5O5. The molecule has 5 N–H and O–H groups in total. The van der Waals surface area contributed by atoms with Crippen molar-refractivity contribution in [3.63, 3.8) is 0 Å². The highest BCUT2D eigenvalue weighted by molar-refractivity contribution is 5.82. The van der Waals surface area contributed by atoms with Crippen LogP contribution in [0.4, 0.5) is 5.82 Å². The number of ether oxygens (including phenoxy) is 1. The first-order valence-corrected chi connectivity index (χ1v) is 5.87. The van der Waals surface area contributed by atoms with Crippen LogP contribution in [0.5, 0.6) is 0 Å². The number of fused-ring (bicyclic) bond motifs is 1. The van der Waals surface area contributed by atoms with Crippen molar-refractivity contribution >= 4 is 17.0 Å². The van der Waals surface area contributed by atoms with Gasteiger partial charge in [-0.25, -0.2) is 15.0 Å². The summed E-state index contributed by atoms with van der Waals surface area (Å²) in [5, 5.41) is 37.7. The third-order valence-corrected chi connectivity index (χ3v) is 3.26. The summed E-state index contributed by atoms with van der Waals surface area (Å²) in [6, 6.07) is 0. The molecule has 0 aliphatic carbocycles. The predicted molar refractivity (Wildman–Crippen MR) is 63.7 cm³/mol. The van der Waals surface area contributed by atoms with Gasteiger partial charge in [-0.3, -0.25) is 15.3 Å². The zero-order valence-corrected chi connectivity index (χ0v) is 10.2. The van der Waals surface area contributed by atoms with E-state index in [0.717, 1.165) is 0 Å². The van der Waals surface area contributed by atoms with Crippen LogP contribution in [0, 0.1) is 0 Å². The molecule has 108 valence electrons. The van der Waals surface area contributed by atoms with Crippen molar-refractivity contribution in [2.45, 2.75) is 24.5 Å². The van der Waals surface area contributed by atoms with Crippen molar-refractivity contribution in [2.24, 2.45) is 0 Å². The minimum absolute atomic E-state index is 0.112. The topological polar surface area (TPSA) is 146 Å². The van der Waals surface area contributed by atoms with Gasteiger partial charge in [0.2, 0.25) is 0 Å². The lowest BCUT2D eigenvalue weighted by atomic mass is 10.1. The summed E-state index contributed by atoms with van der Waals surface area (Å²) in [4.78, 5) is 11.8. The minimum Gasteiger partial charge on any atom is -0.394 e. The molecule has 0 aromatic carbocycles. The van der Waals surface area contributed by atoms with E-state index >= 15 is 0 Å². The summed E-state index contributed by atoms with van der Waals surface area (Å²) in [6.45, 7) is -0.417. The summed E-state index contributed by atoms with van der Waals surface area (Å²) in [6.07, 6.45) is -1.70. The molecule has 1 aliphatic heterocycles. The molecule has 1 saturated heterocycles. The lowest BCUT2D eigenvalue weighted by molar-refractivity contribution is -0.0511. The summed E-state index contributed by atoms with van der Waals surface area (Å²) in [7, 11) is 0. The largest absolute Gasteiger partial charge is 0.394 e. The van der Waals surface area contributed by atoms with E-state index in [1.54, 1.807) is 0 Å². The van der Waals surface area contributed by atoms with Crippen molar-refractivity contribution in [3.05, 3.63) is 12.7 Å². The Hall–Kier alpha value is -1.85. The first-order chi connectivity index (χ1) is 9.67. The van der Waals surface area contributed by atoms with Gasteiger partial charge in [0, 0.05) is 0 Å². The maximum Gasteiger partial charge on any atom is 0.181 e. The van der Waals surface area contributed by atoms with Gasteiger partial charge in [-0.15, -0.1) is 0 Å². The number of anilines is 1. The molecule has 0 amide bonds. The van der Waals surface area contributed by atoms with Crippen LogP contribution in [-0.4, -0.2) is 65.0 Å². The average Bonchev–Trinajstić information content (AvgIpc) is 3.01. The van der Waals surface area contributed by atoms with Gasteiger partial charge in [-0.2, -0.15) is 0 Å². The molecule has 0 bridgehead atoms. The van der Waals surface area contributed by atoms with E-state index in [2.05, 4.69) is 15.0 Å². The van der Waals surface area contributed by atoms with Gasteiger partial charge in [0.25, 0.3) is 0 Å². The molecule has 2 aromatic rings. The quantitative estimate of drug-likeness (QED) is 0.413. The number of nitrogens with zero attached hydrogens (tertiary/aromatic N) is 4. The van der Waals surface area contributed by atoms with Gasteiger partial charge in [0.05, 0.1) is 12.9 Å². The molecule has 10 nitrogen and oxygen atoms in total. The number of hydrogen-bond acceptors (Lipinski definition) is 9. The van der Waals surface area contributed by atoms with Crippen LogP contribution in [0.1, 0.15) is 6.23 Å². The normalized spacial score (nSPS) is 30.0. The lowest BCUT2D eigenvalue weighted by Crippen LogP contribution is -2.33. The van der Waals surface area contributed by atoms with E-state index in [9.17, 15) is 10.2 Å². The number of hydrogen-bond donors (Lipinski definition) is 5. The molecule has 2 aromatic heterocycles. The number of rotatable bonds is 3. The molecule has 3 rings (SSSR count). The molecule has 0 unspecified atom stereocenters. The van der Waals surface area contributed by atoms with Crippen LogP contribution >= 0.6 is 0 Å². The van der Waals surface area contributed by atoms with E-state index in [4.69, 9.17) is 15.1 Å². The van der Waals surface area contributed by atoms with Gasteiger partial charge in [-0.1, -0.05) is 0 Å². The number of aromatic nitrogens is 4. The molecule has 4 atom stereocenters. The van der Waals surface area contributed by atoms with E-state index in [-0.39, 0.29) is 11.3 Å². The second kappa shape index (κ2) is 4.92. The first kappa shape index (κ1) is 13.1. The minimum atomic E-state index is -1.23. The monoisotopic (exact) mass is 283 g/mol. The molecule has 10 heteroatoms. The molecule has 0 spiro atoms. The second-order valence-corrected chi connectivity index (χ2v) is 4.39. The zero-order chi connectivity index (χ0) is 14.3. The Balaban J connectivity index is 2.03. The summed E-state index contributed by atoms with van der Waals surface area (Å²) >= 11 is 0. The van der Waals surface area contributed by atoms with Crippen LogP contribution in [0.15, 0.2) is 12.7 Å². The first-order valence-electron chi connectivity index (χ1n) is 5.87. The van der Waals surface area contributed by atoms with Gasteiger partial charge in [0.15, 0.2) is 23.2 Å². The Morgan fingerprint density at radius 2 is 2.05 bits per heavy atom. The van der Waals surface area contributed by atoms with Gasteiger partial charge in [-0.05, 0) is 0 Å². The highest BCUT2D eigenvalue weighted by atomic mass is 16.6. The molecule has 0 saturated carbocycles. The second-order valence-electron chi connectivity index (χ2n) is 4.39.